The molecule has 0 saturated heterocycles. The van der Waals surface area contributed by atoms with Gasteiger partial charge in [0.05, 0.1) is 13.7 Å². The van der Waals surface area contributed by atoms with E-state index in [-0.39, 0.29) is 0 Å². The lowest BCUT2D eigenvalue weighted by Crippen LogP contribution is -2.38. The third-order valence-corrected chi connectivity index (χ3v) is 4.59. The molecule has 1 aromatic heterocycles. The Labute approximate surface area is 174 Å². The second-order valence-electron chi connectivity index (χ2n) is 6.76. The van der Waals surface area contributed by atoms with Crippen LogP contribution in [0.2, 0.25) is 0 Å². The zero-order valence-corrected chi connectivity index (χ0v) is 18.1. The molecule has 0 radical (unpaired) electrons. The zero-order valence-electron chi connectivity index (χ0n) is 18.1. The summed E-state index contributed by atoms with van der Waals surface area (Å²) in [5.74, 6) is 2.44. The lowest BCUT2D eigenvalue weighted by Gasteiger charge is -2.12. The molecule has 6 heteroatoms. The lowest BCUT2D eigenvalue weighted by atomic mass is 10.1. The summed E-state index contributed by atoms with van der Waals surface area (Å²) in [6, 6.07) is 8.20. The molecule has 0 bridgehead atoms. The molecule has 2 rings (SSSR count). The first-order chi connectivity index (χ1) is 14.2. The molecule has 6 nitrogen and oxygen atoms in total. The second-order valence-corrected chi connectivity index (χ2v) is 6.76. The molecule has 0 aliphatic carbocycles. The van der Waals surface area contributed by atoms with Crippen LogP contribution >= 0.6 is 0 Å². The van der Waals surface area contributed by atoms with Gasteiger partial charge in [0, 0.05) is 32.0 Å². The Kier molecular flexibility index (Phi) is 9.83. The van der Waals surface area contributed by atoms with Gasteiger partial charge in [-0.05, 0) is 74.9 Å². The van der Waals surface area contributed by atoms with E-state index >= 15 is 0 Å². The average molecular weight is 399 g/mol. The maximum atomic E-state index is 5.66. The van der Waals surface area contributed by atoms with Crippen LogP contribution in [0.1, 0.15) is 37.0 Å². The first-order valence-electron chi connectivity index (χ1n) is 10.4. The van der Waals surface area contributed by atoms with Gasteiger partial charge in [0.15, 0.2) is 17.5 Å². The van der Waals surface area contributed by atoms with E-state index in [2.05, 4.69) is 47.7 Å². The average Bonchev–Trinajstić information content (AvgIpc) is 2.73. The second kappa shape index (κ2) is 12.6. The van der Waals surface area contributed by atoms with Gasteiger partial charge in [0.2, 0.25) is 0 Å². The van der Waals surface area contributed by atoms with Gasteiger partial charge in [-0.1, -0.05) is 6.07 Å². The summed E-state index contributed by atoms with van der Waals surface area (Å²) in [5.41, 5.74) is 3.77. The Bertz CT molecular complexity index is 777. The van der Waals surface area contributed by atoms with Gasteiger partial charge in [0.25, 0.3) is 0 Å². The van der Waals surface area contributed by atoms with Gasteiger partial charge in [-0.2, -0.15) is 0 Å². The fraction of sp³-hybridized carbons (Fsp3) is 0.478. The van der Waals surface area contributed by atoms with E-state index in [0.717, 1.165) is 56.4 Å². The SMILES string of the molecule is CCNC(=NCCCc1ccc(OC)c(OCC)c1)NCCc1ccncc1C. The minimum atomic E-state index is 0.626. The van der Waals surface area contributed by atoms with Crippen molar-refractivity contribution in [2.45, 2.75) is 40.0 Å². The third kappa shape index (κ3) is 7.64. The highest BCUT2D eigenvalue weighted by Gasteiger charge is 2.05. The van der Waals surface area contributed by atoms with Crippen LogP contribution in [-0.4, -0.2) is 44.3 Å². The summed E-state index contributed by atoms with van der Waals surface area (Å²) < 4.78 is 11.0. The van der Waals surface area contributed by atoms with Gasteiger partial charge in [0.1, 0.15) is 0 Å². The maximum Gasteiger partial charge on any atom is 0.191 e. The number of guanidine groups is 1. The molecule has 0 saturated carbocycles. The number of nitrogens with zero attached hydrogens (tertiary/aromatic N) is 2. The van der Waals surface area contributed by atoms with Crippen molar-refractivity contribution in [3.8, 4) is 11.5 Å². The van der Waals surface area contributed by atoms with Crippen molar-refractivity contribution >= 4 is 5.96 Å². The van der Waals surface area contributed by atoms with Gasteiger partial charge < -0.3 is 20.1 Å². The summed E-state index contributed by atoms with van der Waals surface area (Å²) in [6.45, 7) is 9.23. The fourth-order valence-corrected chi connectivity index (χ4v) is 3.06. The Morgan fingerprint density at radius 2 is 1.97 bits per heavy atom. The van der Waals surface area contributed by atoms with Gasteiger partial charge in [-0.15, -0.1) is 0 Å². The van der Waals surface area contributed by atoms with Crippen molar-refractivity contribution in [1.82, 2.24) is 15.6 Å². The van der Waals surface area contributed by atoms with Crippen molar-refractivity contribution < 1.29 is 9.47 Å². The van der Waals surface area contributed by atoms with Crippen molar-refractivity contribution in [2.75, 3.05) is 33.4 Å². The molecule has 0 atom stereocenters. The van der Waals surface area contributed by atoms with Crippen LogP contribution < -0.4 is 20.1 Å². The fourth-order valence-electron chi connectivity index (χ4n) is 3.06. The summed E-state index contributed by atoms with van der Waals surface area (Å²) in [7, 11) is 1.66. The number of benzene rings is 1. The topological polar surface area (TPSA) is 67.8 Å². The molecule has 0 spiro atoms. The molecule has 0 unspecified atom stereocenters. The number of pyridine rings is 1. The smallest absolute Gasteiger partial charge is 0.191 e. The monoisotopic (exact) mass is 398 g/mol. The molecule has 1 aromatic carbocycles. The third-order valence-electron chi connectivity index (χ3n) is 4.59. The Morgan fingerprint density at radius 1 is 1.10 bits per heavy atom. The molecule has 1 heterocycles. The van der Waals surface area contributed by atoms with Crippen molar-refractivity contribution in [1.29, 1.82) is 0 Å². The predicted molar refractivity (Wildman–Crippen MR) is 119 cm³/mol. The molecule has 0 aliphatic rings. The summed E-state index contributed by atoms with van der Waals surface area (Å²) in [5, 5.41) is 6.73. The number of methoxy groups -OCH3 is 1. The highest BCUT2D eigenvalue weighted by molar-refractivity contribution is 5.79. The predicted octanol–water partition coefficient (Wildman–Crippen LogP) is 3.53. The molecular weight excluding hydrogens is 364 g/mol. The molecular formula is C23H34N4O2. The van der Waals surface area contributed by atoms with Crippen molar-refractivity contribution in [3.63, 3.8) is 0 Å². The van der Waals surface area contributed by atoms with E-state index in [0.29, 0.717) is 6.61 Å². The number of hydrogen-bond acceptors (Lipinski definition) is 4. The largest absolute Gasteiger partial charge is 0.493 e. The molecule has 0 amide bonds. The summed E-state index contributed by atoms with van der Waals surface area (Å²) >= 11 is 0. The molecule has 2 aromatic rings. The Hall–Kier alpha value is -2.76. The van der Waals surface area contributed by atoms with Crippen molar-refractivity contribution in [2.24, 2.45) is 4.99 Å². The van der Waals surface area contributed by atoms with E-state index in [1.54, 1.807) is 7.11 Å². The first-order valence-corrected chi connectivity index (χ1v) is 10.4. The highest BCUT2D eigenvalue weighted by Crippen LogP contribution is 2.28. The molecule has 0 fully saturated rings. The number of aromatic nitrogens is 1. The normalized spacial score (nSPS) is 11.2. The number of nitrogens with one attached hydrogen (secondary N) is 2. The molecule has 158 valence electrons. The number of aryl methyl sites for hydroxylation is 2. The van der Waals surface area contributed by atoms with Gasteiger partial charge in [-0.25, -0.2) is 0 Å². The highest BCUT2D eigenvalue weighted by atomic mass is 16.5. The maximum absolute atomic E-state index is 5.66. The first kappa shape index (κ1) is 22.5. The van der Waals surface area contributed by atoms with E-state index in [1.807, 2.05) is 25.4 Å². The Balaban J connectivity index is 1.82. The number of aliphatic imine (C=N–C) groups is 1. The summed E-state index contributed by atoms with van der Waals surface area (Å²) in [4.78, 5) is 8.85. The molecule has 0 aliphatic heterocycles. The van der Waals surface area contributed by atoms with E-state index in [4.69, 9.17) is 14.5 Å². The minimum Gasteiger partial charge on any atom is -0.493 e. The van der Waals surface area contributed by atoms with E-state index < -0.39 is 0 Å². The minimum absolute atomic E-state index is 0.626. The van der Waals surface area contributed by atoms with Crippen LogP contribution in [0.4, 0.5) is 0 Å². The lowest BCUT2D eigenvalue weighted by molar-refractivity contribution is 0.310. The van der Waals surface area contributed by atoms with E-state index in [1.165, 1.54) is 16.7 Å². The summed E-state index contributed by atoms with van der Waals surface area (Å²) in [6.07, 6.45) is 6.62. The molecule has 29 heavy (non-hydrogen) atoms. The molecule has 2 N–H and O–H groups in total. The van der Waals surface area contributed by atoms with Crippen LogP contribution in [-0.2, 0) is 12.8 Å². The van der Waals surface area contributed by atoms with Crippen LogP contribution in [0.3, 0.4) is 0 Å². The standard InChI is InChI=1S/C23H34N4O2/c1-5-25-23(27-15-12-20-11-14-24-17-18(20)3)26-13-7-8-19-9-10-21(28-4)22(16-19)29-6-2/h9-11,14,16-17H,5-8,12-13,15H2,1-4H3,(H2,25,26,27). The van der Waals surface area contributed by atoms with Crippen LogP contribution in [0, 0.1) is 6.92 Å². The number of ether oxygens (including phenoxy) is 2. The van der Waals surface area contributed by atoms with E-state index in [9.17, 15) is 0 Å². The Morgan fingerprint density at radius 3 is 2.69 bits per heavy atom. The zero-order chi connectivity index (χ0) is 20.9. The van der Waals surface area contributed by atoms with Crippen LogP contribution in [0.25, 0.3) is 0 Å². The number of hydrogen-bond donors (Lipinski definition) is 2. The van der Waals surface area contributed by atoms with Gasteiger partial charge >= 0.3 is 0 Å². The van der Waals surface area contributed by atoms with Crippen LogP contribution in [0.15, 0.2) is 41.7 Å². The van der Waals surface area contributed by atoms with Crippen molar-refractivity contribution in [3.05, 3.63) is 53.3 Å². The van der Waals surface area contributed by atoms with Crippen LogP contribution in [0.5, 0.6) is 11.5 Å². The van der Waals surface area contributed by atoms with Gasteiger partial charge in [-0.3, -0.25) is 9.98 Å². The quantitative estimate of drug-likeness (QED) is 0.344. The number of rotatable bonds is 11.